The summed E-state index contributed by atoms with van der Waals surface area (Å²) in [5.74, 6) is -0.350. The topological polar surface area (TPSA) is 98.1 Å². The standard InChI is InChI=1S/C24H25N5O3/c1-14(2)29-22-19(13-25-29)12-21(15(3)26-22)24(31)28-27-23(30)16(4)32-20-10-9-17-7-5-6-8-18(17)11-20/h5-14,16H,1-4H3,(H,27,30)(H,28,31). The number of carbonyl (C=O) groups is 2. The molecule has 2 heterocycles. The normalized spacial score (nSPS) is 12.2. The molecule has 0 aliphatic carbocycles. The summed E-state index contributed by atoms with van der Waals surface area (Å²) >= 11 is 0. The molecule has 0 aliphatic rings. The van der Waals surface area contributed by atoms with Crippen LogP contribution < -0.4 is 15.6 Å². The number of pyridine rings is 1. The van der Waals surface area contributed by atoms with Crippen LogP contribution in [0, 0.1) is 6.92 Å². The van der Waals surface area contributed by atoms with Crippen molar-refractivity contribution in [1.29, 1.82) is 0 Å². The zero-order chi connectivity index (χ0) is 22.8. The summed E-state index contributed by atoms with van der Waals surface area (Å²) in [5.41, 5.74) is 6.50. The van der Waals surface area contributed by atoms with Crippen LogP contribution in [0.5, 0.6) is 5.75 Å². The van der Waals surface area contributed by atoms with Gasteiger partial charge in [-0.2, -0.15) is 5.10 Å². The van der Waals surface area contributed by atoms with E-state index in [0.717, 1.165) is 21.8 Å². The summed E-state index contributed by atoms with van der Waals surface area (Å²) in [7, 11) is 0. The molecule has 1 unspecified atom stereocenters. The number of aromatic nitrogens is 3. The molecule has 4 aromatic rings. The number of ether oxygens (including phenoxy) is 1. The van der Waals surface area contributed by atoms with Crippen molar-refractivity contribution in [1.82, 2.24) is 25.6 Å². The fraction of sp³-hybridized carbons (Fsp3) is 0.250. The lowest BCUT2D eigenvalue weighted by Gasteiger charge is -2.16. The third kappa shape index (κ3) is 4.25. The number of benzene rings is 2. The molecule has 2 amide bonds. The first-order valence-corrected chi connectivity index (χ1v) is 10.4. The summed E-state index contributed by atoms with van der Waals surface area (Å²) in [4.78, 5) is 29.6. The van der Waals surface area contributed by atoms with Crippen molar-refractivity contribution in [2.45, 2.75) is 39.8 Å². The number of nitrogens with one attached hydrogen (secondary N) is 2. The van der Waals surface area contributed by atoms with Crippen molar-refractivity contribution >= 4 is 33.6 Å². The molecule has 0 aliphatic heterocycles. The fourth-order valence-corrected chi connectivity index (χ4v) is 3.46. The predicted octanol–water partition coefficient (Wildman–Crippen LogP) is 3.70. The van der Waals surface area contributed by atoms with E-state index < -0.39 is 17.9 Å². The van der Waals surface area contributed by atoms with Gasteiger partial charge in [-0.3, -0.25) is 20.4 Å². The molecule has 4 rings (SSSR count). The van der Waals surface area contributed by atoms with Crippen LogP contribution in [0.2, 0.25) is 0 Å². The van der Waals surface area contributed by atoms with E-state index in [1.807, 2.05) is 56.3 Å². The summed E-state index contributed by atoms with van der Waals surface area (Å²) in [6, 6.07) is 15.4. The second-order valence-corrected chi connectivity index (χ2v) is 7.93. The van der Waals surface area contributed by atoms with Gasteiger partial charge in [-0.1, -0.05) is 30.3 Å². The largest absolute Gasteiger partial charge is 0.481 e. The van der Waals surface area contributed by atoms with Crippen LogP contribution in [0.4, 0.5) is 0 Å². The molecule has 8 heteroatoms. The fourth-order valence-electron chi connectivity index (χ4n) is 3.46. The van der Waals surface area contributed by atoms with E-state index in [4.69, 9.17) is 4.74 Å². The number of rotatable bonds is 5. The zero-order valence-corrected chi connectivity index (χ0v) is 18.4. The van der Waals surface area contributed by atoms with Crippen LogP contribution in [0.3, 0.4) is 0 Å². The second-order valence-electron chi connectivity index (χ2n) is 7.93. The number of hydrogen-bond donors (Lipinski definition) is 2. The summed E-state index contributed by atoms with van der Waals surface area (Å²) in [6.07, 6.45) is 0.874. The Kier molecular flexibility index (Phi) is 5.77. The first-order chi connectivity index (χ1) is 15.3. The highest BCUT2D eigenvalue weighted by Gasteiger charge is 2.19. The first-order valence-electron chi connectivity index (χ1n) is 10.4. The molecule has 8 nitrogen and oxygen atoms in total. The summed E-state index contributed by atoms with van der Waals surface area (Å²) in [5, 5.41) is 7.19. The molecule has 2 aromatic heterocycles. The van der Waals surface area contributed by atoms with Crippen molar-refractivity contribution in [3.8, 4) is 5.75 Å². The Morgan fingerprint density at radius 3 is 2.47 bits per heavy atom. The minimum atomic E-state index is -0.803. The van der Waals surface area contributed by atoms with Crippen LogP contribution in [0.1, 0.15) is 42.9 Å². The lowest BCUT2D eigenvalue weighted by atomic mass is 10.1. The van der Waals surface area contributed by atoms with Gasteiger partial charge in [0.05, 0.1) is 17.5 Å². The van der Waals surface area contributed by atoms with Gasteiger partial charge in [0.1, 0.15) is 5.75 Å². The maximum atomic E-state index is 12.6. The van der Waals surface area contributed by atoms with E-state index in [2.05, 4.69) is 20.9 Å². The molecule has 2 aromatic carbocycles. The maximum absolute atomic E-state index is 12.6. The lowest BCUT2D eigenvalue weighted by Crippen LogP contribution is -2.47. The highest BCUT2D eigenvalue weighted by atomic mass is 16.5. The quantitative estimate of drug-likeness (QED) is 0.470. The third-order valence-corrected chi connectivity index (χ3v) is 5.20. The van der Waals surface area contributed by atoms with Gasteiger partial charge in [0.2, 0.25) is 0 Å². The van der Waals surface area contributed by atoms with Gasteiger partial charge >= 0.3 is 0 Å². The molecule has 164 valence electrons. The molecule has 1 atom stereocenters. The van der Waals surface area contributed by atoms with Gasteiger partial charge in [0, 0.05) is 11.4 Å². The Bertz CT molecular complexity index is 1310. The molecule has 0 saturated carbocycles. The average Bonchev–Trinajstić information content (AvgIpc) is 3.19. The van der Waals surface area contributed by atoms with Crippen LogP contribution in [-0.2, 0) is 4.79 Å². The molecule has 0 fully saturated rings. The predicted molar refractivity (Wildman–Crippen MR) is 122 cm³/mol. The van der Waals surface area contributed by atoms with Crippen LogP contribution in [-0.4, -0.2) is 32.7 Å². The van der Waals surface area contributed by atoms with E-state index in [0.29, 0.717) is 17.0 Å². The minimum absolute atomic E-state index is 0.155. The van der Waals surface area contributed by atoms with E-state index in [1.165, 1.54) is 0 Å². The van der Waals surface area contributed by atoms with Gasteiger partial charge < -0.3 is 4.74 Å². The van der Waals surface area contributed by atoms with Crippen LogP contribution >= 0.6 is 0 Å². The lowest BCUT2D eigenvalue weighted by molar-refractivity contribution is -0.128. The molecule has 0 bridgehead atoms. The number of aryl methyl sites for hydroxylation is 1. The Labute approximate surface area is 185 Å². The number of hydrazine groups is 1. The van der Waals surface area contributed by atoms with Crippen LogP contribution in [0.25, 0.3) is 21.8 Å². The molecule has 0 spiro atoms. The number of hydrogen-bond acceptors (Lipinski definition) is 5. The van der Waals surface area contributed by atoms with Crippen molar-refractivity contribution in [2.24, 2.45) is 0 Å². The number of nitrogens with zero attached hydrogens (tertiary/aromatic N) is 3. The van der Waals surface area contributed by atoms with Gasteiger partial charge in [0.15, 0.2) is 11.8 Å². The minimum Gasteiger partial charge on any atom is -0.481 e. The molecule has 0 radical (unpaired) electrons. The van der Waals surface area contributed by atoms with Gasteiger partial charge in [-0.25, -0.2) is 9.67 Å². The number of amides is 2. The van der Waals surface area contributed by atoms with Crippen molar-refractivity contribution in [2.75, 3.05) is 0 Å². The Morgan fingerprint density at radius 2 is 1.72 bits per heavy atom. The highest BCUT2D eigenvalue weighted by Crippen LogP contribution is 2.22. The van der Waals surface area contributed by atoms with E-state index in [9.17, 15) is 9.59 Å². The van der Waals surface area contributed by atoms with Gasteiger partial charge in [0.25, 0.3) is 11.8 Å². The second kappa shape index (κ2) is 8.66. The molecular weight excluding hydrogens is 406 g/mol. The van der Waals surface area contributed by atoms with E-state index in [-0.39, 0.29) is 6.04 Å². The van der Waals surface area contributed by atoms with Crippen molar-refractivity contribution in [3.63, 3.8) is 0 Å². The van der Waals surface area contributed by atoms with Crippen LogP contribution in [0.15, 0.2) is 54.7 Å². The van der Waals surface area contributed by atoms with Crippen molar-refractivity contribution < 1.29 is 14.3 Å². The molecule has 2 N–H and O–H groups in total. The summed E-state index contributed by atoms with van der Waals surface area (Å²) in [6.45, 7) is 7.40. The van der Waals surface area contributed by atoms with Crippen molar-refractivity contribution in [3.05, 3.63) is 66.0 Å². The Balaban J connectivity index is 1.40. The monoisotopic (exact) mass is 431 g/mol. The third-order valence-electron chi connectivity index (χ3n) is 5.20. The first kappa shape index (κ1) is 21.3. The van der Waals surface area contributed by atoms with Gasteiger partial charge in [-0.05, 0) is 56.7 Å². The Hall–Kier alpha value is -3.94. The summed E-state index contributed by atoms with van der Waals surface area (Å²) < 4.78 is 7.55. The van der Waals surface area contributed by atoms with Gasteiger partial charge in [-0.15, -0.1) is 0 Å². The average molecular weight is 431 g/mol. The number of carbonyl (C=O) groups excluding carboxylic acids is 2. The highest BCUT2D eigenvalue weighted by molar-refractivity contribution is 5.99. The number of fused-ring (bicyclic) bond motifs is 2. The van der Waals surface area contributed by atoms with E-state index >= 15 is 0 Å². The molecular formula is C24H25N5O3. The zero-order valence-electron chi connectivity index (χ0n) is 18.4. The smallest absolute Gasteiger partial charge is 0.279 e. The Morgan fingerprint density at radius 1 is 0.969 bits per heavy atom. The maximum Gasteiger partial charge on any atom is 0.279 e. The molecule has 0 saturated heterocycles. The molecule has 32 heavy (non-hydrogen) atoms. The van der Waals surface area contributed by atoms with E-state index in [1.54, 1.807) is 30.8 Å². The SMILES string of the molecule is Cc1nc2c(cnn2C(C)C)cc1C(=O)NNC(=O)C(C)Oc1ccc2ccccc2c1.